The summed E-state index contributed by atoms with van der Waals surface area (Å²) in [6.45, 7) is 2.32. The van der Waals surface area contributed by atoms with Gasteiger partial charge in [-0.05, 0) is 12.8 Å². The zero-order valence-corrected chi connectivity index (χ0v) is 12.0. The van der Waals surface area contributed by atoms with E-state index in [0.717, 1.165) is 12.2 Å². The molecule has 1 aromatic rings. The quantitative estimate of drug-likeness (QED) is 0.852. The van der Waals surface area contributed by atoms with Crippen LogP contribution in [0.5, 0.6) is 0 Å². The van der Waals surface area contributed by atoms with Crippen LogP contribution in [-0.4, -0.2) is 53.7 Å². The Kier molecular flexibility index (Phi) is 4.01. The van der Waals surface area contributed by atoms with Crippen molar-refractivity contribution in [1.29, 1.82) is 0 Å². The minimum absolute atomic E-state index is 0.485. The number of piperazine rings is 1. The molecule has 2 heterocycles. The maximum atomic E-state index is 12.3. The number of hydrogen-bond acceptors (Lipinski definition) is 4. The Labute approximate surface area is 120 Å². The summed E-state index contributed by atoms with van der Waals surface area (Å²) >= 11 is 1.72. The van der Waals surface area contributed by atoms with E-state index in [9.17, 15) is 13.2 Å². The highest BCUT2D eigenvalue weighted by Crippen LogP contribution is 2.41. The van der Waals surface area contributed by atoms with Crippen LogP contribution in [0.4, 0.5) is 13.2 Å². The summed E-state index contributed by atoms with van der Waals surface area (Å²) in [6.07, 6.45) is -1.58. The van der Waals surface area contributed by atoms with E-state index in [0.29, 0.717) is 32.1 Å². The third-order valence-electron chi connectivity index (χ3n) is 3.75. The number of thiazole rings is 1. The molecule has 3 rings (SSSR count). The van der Waals surface area contributed by atoms with Gasteiger partial charge in [0.2, 0.25) is 0 Å². The molecule has 0 N–H and O–H groups in total. The molecule has 0 atom stereocenters. The molecule has 1 aromatic heterocycles. The molecule has 1 saturated heterocycles. The van der Waals surface area contributed by atoms with E-state index in [1.807, 2.05) is 0 Å². The van der Waals surface area contributed by atoms with Crippen molar-refractivity contribution in [3.05, 3.63) is 16.1 Å². The molecular weight excluding hydrogens is 287 g/mol. The molecule has 1 aliphatic heterocycles. The van der Waals surface area contributed by atoms with E-state index in [1.54, 1.807) is 11.3 Å². The predicted molar refractivity (Wildman–Crippen MR) is 71.9 cm³/mol. The first-order valence-electron chi connectivity index (χ1n) is 6.95. The lowest BCUT2D eigenvalue weighted by Crippen LogP contribution is -2.48. The van der Waals surface area contributed by atoms with E-state index in [4.69, 9.17) is 0 Å². The van der Waals surface area contributed by atoms with E-state index in [2.05, 4.69) is 15.3 Å². The minimum Gasteiger partial charge on any atom is -0.295 e. The lowest BCUT2D eigenvalue weighted by molar-refractivity contribution is -0.149. The largest absolute Gasteiger partial charge is 0.401 e. The Hall–Kier alpha value is -0.660. The molecule has 0 unspecified atom stereocenters. The average molecular weight is 305 g/mol. The highest BCUT2D eigenvalue weighted by Gasteiger charge is 2.32. The maximum absolute atomic E-state index is 12.3. The van der Waals surface area contributed by atoms with Crippen LogP contribution >= 0.6 is 11.3 Å². The molecule has 0 spiro atoms. The Morgan fingerprint density at radius 2 is 1.80 bits per heavy atom. The van der Waals surface area contributed by atoms with Gasteiger partial charge >= 0.3 is 6.18 Å². The molecule has 0 bridgehead atoms. The number of halogens is 3. The molecule has 1 saturated carbocycles. The van der Waals surface area contributed by atoms with Crippen molar-refractivity contribution in [2.24, 2.45) is 0 Å². The van der Waals surface area contributed by atoms with Gasteiger partial charge in [0.15, 0.2) is 0 Å². The van der Waals surface area contributed by atoms with Crippen molar-refractivity contribution >= 4 is 11.3 Å². The molecular formula is C13H18F3N3S. The van der Waals surface area contributed by atoms with Crippen LogP contribution in [0, 0.1) is 0 Å². The molecule has 112 valence electrons. The fourth-order valence-corrected chi connectivity index (χ4v) is 3.48. The van der Waals surface area contributed by atoms with Crippen molar-refractivity contribution < 1.29 is 13.2 Å². The standard InChI is InChI=1S/C13H18F3N3S/c14-13(15,16)9-19-5-3-18(4-6-19)7-11-8-20-12(17-11)10-1-2-10/h8,10H,1-7,9H2. The van der Waals surface area contributed by atoms with Crippen molar-refractivity contribution in [2.75, 3.05) is 32.7 Å². The van der Waals surface area contributed by atoms with Crippen LogP contribution in [0.15, 0.2) is 5.38 Å². The molecule has 0 radical (unpaired) electrons. The third kappa shape index (κ3) is 3.93. The van der Waals surface area contributed by atoms with Crippen LogP contribution in [0.25, 0.3) is 0 Å². The van der Waals surface area contributed by atoms with Gasteiger partial charge in [-0.1, -0.05) is 0 Å². The lowest BCUT2D eigenvalue weighted by Gasteiger charge is -2.34. The Bertz CT molecular complexity index is 448. The van der Waals surface area contributed by atoms with Gasteiger partial charge in [0, 0.05) is 44.0 Å². The molecule has 2 aliphatic rings. The van der Waals surface area contributed by atoms with Crippen molar-refractivity contribution in [1.82, 2.24) is 14.8 Å². The first kappa shape index (κ1) is 14.3. The lowest BCUT2D eigenvalue weighted by atomic mass is 10.3. The van der Waals surface area contributed by atoms with Crippen LogP contribution in [0.3, 0.4) is 0 Å². The summed E-state index contributed by atoms with van der Waals surface area (Å²) < 4.78 is 36.9. The van der Waals surface area contributed by atoms with E-state index < -0.39 is 12.7 Å². The first-order chi connectivity index (χ1) is 9.49. The van der Waals surface area contributed by atoms with Crippen LogP contribution in [0.1, 0.15) is 29.5 Å². The molecule has 0 amide bonds. The number of hydrogen-bond donors (Lipinski definition) is 0. The van der Waals surface area contributed by atoms with Gasteiger partial charge in [0.05, 0.1) is 17.2 Å². The van der Waals surface area contributed by atoms with Gasteiger partial charge in [-0.3, -0.25) is 9.80 Å². The summed E-state index contributed by atoms with van der Waals surface area (Å²) in [5.74, 6) is 0.678. The summed E-state index contributed by atoms with van der Waals surface area (Å²) in [5.41, 5.74) is 1.07. The Balaban J connectivity index is 1.45. The molecule has 0 aromatic carbocycles. The van der Waals surface area contributed by atoms with E-state index in [-0.39, 0.29) is 0 Å². The number of aromatic nitrogens is 1. The average Bonchev–Trinajstić information content (AvgIpc) is 3.11. The van der Waals surface area contributed by atoms with E-state index >= 15 is 0 Å². The molecule has 1 aliphatic carbocycles. The molecule has 3 nitrogen and oxygen atoms in total. The van der Waals surface area contributed by atoms with Gasteiger partial charge in [0.1, 0.15) is 0 Å². The minimum atomic E-state index is -4.09. The zero-order chi connectivity index (χ0) is 14.2. The molecule has 20 heavy (non-hydrogen) atoms. The first-order valence-corrected chi connectivity index (χ1v) is 7.83. The fraction of sp³-hybridized carbons (Fsp3) is 0.769. The number of alkyl halides is 3. The smallest absolute Gasteiger partial charge is 0.295 e. The molecule has 7 heteroatoms. The van der Waals surface area contributed by atoms with Gasteiger partial charge in [-0.15, -0.1) is 11.3 Å². The summed E-state index contributed by atoms with van der Waals surface area (Å²) in [7, 11) is 0. The Morgan fingerprint density at radius 1 is 1.15 bits per heavy atom. The van der Waals surface area contributed by atoms with Crippen LogP contribution in [0.2, 0.25) is 0 Å². The zero-order valence-electron chi connectivity index (χ0n) is 11.2. The number of rotatable bonds is 4. The fourth-order valence-electron chi connectivity index (χ4n) is 2.50. The van der Waals surface area contributed by atoms with Crippen LogP contribution < -0.4 is 0 Å². The second-order valence-corrected chi connectivity index (χ2v) is 6.51. The second-order valence-electron chi connectivity index (χ2n) is 5.62. The maximum Gasteiger partial charge on any atom is 0.401 e. The summed E-state index contributed by atoms with van der Waals surface area (Å²) in [5, 5.41) is 3.33. The van der Waals surface area contributed by atoms with Gasteiger partial charge < -0.3 is 0 Å². The topological polar surface area (TPSA) is 19.4 Å². The predicted octanol–water partition coefficient (Wildman–Crippen LogP) is 2.70. The van der Waals surface area contributed by atoms with Crippen molar-refractivity contribution in [2.45, 2.75) is 31.5 Å². The highest BCUT2D eigenvalue weighted by molar-refractivity contribution is 7.09. The third-order valence-corrected chi connectivity index (χ3v) is 4.81. The summed E-state index contributed by atoms with van der Waals surface area (Å²) in [6, 6.07) is 0. The second kappa shape index (κ2) is 5.61. The molecule has 2 fully saturated rings. The highest BCUT2D eigenvalue weighted by atomic mass is 32.1. The van der Waals surface area contributed by atoms with Crippen LogP contribution in [-0.2, 0) is 6.54 Å². The van der Waals surface area contributed by atoms with Gasteiger partial charge in [0.25, 0.3) is 0 Å². The van der Waals surface area contributed by atoms with Crippen molar-refractivity contribution in [3.8, 4) is 0 Å². The van der Waals surface area contributed by atoms with E-state index in [1.165, 1.54) is 22.7 Å². The SMILES string of the molecule is FC(F)(F)CN1CCN(Cc2csc(C3CC3)n2)CC1. The summed E-state index contributed by atoms with van der Waals surface area (Å²) in [4.78, 5) is 8.30. The number of nitrogens with zero attached hydrogens (tertiary/aromatic N) is 3. The normalized spacial score (nSPS) is 22.4. The van der Waals surface area contributed by atoms with Crippen molar-refractivity contribution in [3.63, 3.8) is 0 Å². The van der Waals surface area contributed by atoms with Gasteiger partial charge in [-0.2, -0.15) is 13.2 Å². The monoisotopic (exact) mass is 305 g/mol. The Morgan fingerprint density at radius 3 is 2.40 bits per heavy atom. The van der Waals surface area contributed by atoms with Gasteiger partial charge in [-0.25, -0.2) is 4.98 Å².